The summed E-state index contributed by atoms with van der Waals surface area (Å²) in [7, 11) is 1.64. The minimum absolute atomic E-state index is 0.164. The van der Waals surface area contributed by atoms with E-state index in [-0.39, 0.29) is 12.2 Å². The van der Waals surface area contributed by atoms with Gasteiger partial charge in [0.05, 0.1) is 24.6 Å². The molecule has 3 aromatic rings. The van der Waals surface area contributed by atoms with Gasteiger partial charge < -0.3 is 4.74 Å². The third kappa shape index (κ3) is 5.29. The van der Waals surface area contributed by atoms with Gasteiger partial charge in [-0.1, -0.05) is 30.7 Å². The summed E-state index contributed by atoms with van der Waals surface area (Å²) in [6.45, 7) is 5.34. The first-order valence-corrected chi connectivity index (χ1v) is 11.1. The van der Waals surface area contributed by atoms with Gasteiger partial charge in [-0.25, -0.2) is 0 Å². The third-order valence-electron chi connectivity index (χ3n) is 5.20. The first-order valence-electron chi connectivity index (χ1n) is 10.7. The molecule has 1 aromatic heterocycles. The number of ketones is 1. The van der Waals surface area contributed by atoms with Crippen LogP contribution in [-0.4, -0.2) is 33.4 Å². The number of aromatic nitrogens is 3. The van der Waals surface area contributed by atoms with Crippen LogP contribution in [0.25, 0.3) is 5.69 Å². The SMILES string of the molecule is CC#N.CCCC(=O)C[C@@H]1N=C(c2ccc(Cl)cc2)c2cc(OC)ccc2-n2c(C)nnc21. The third-order valence-corrected chi connectivity index (χ3v) is 5.45. The maximum Gasteiger partial charge on any atom is 0.162 e. The molecule has 170 valence electrons. The van der Waals surface area contributed by atoms with Gasteiger partial charge in [-0.05, 0) is 43.7 Å². The number of nitrogens with zero attached hydrogens (tertiary/aromatic N) is 5. The second-order valence-corrected chi connectivity index (χ2v) is 7.98. The molecule has 2 heterocycles. The van der Waals surface area contributed by atoms with Crippen LogP contribution in [0.2, 0.25) is 5.02 Å². The smallest absolute Gasteiger partial charge is 0.162 e. The quantitative estimate of drug-likeness (QED) is 0.486. The summed E-state index contributed by atoms with van der Waals surface area (Å²) in [6.07, 6.45) is 1.62. The highest BCUT2D eigenvalue weighted by molar-refractivity contribution is 6.30. The number of aliphatic imine (C=N–C) groups is 1. The van der Waals surface area contributed by atoms with Crippen molar-refractivity contribution in [2.45, 2.75) is 46.1 Å². The predicted molar refractivity (Wildman–Crippen MR) is 128 cm³/mol. The molecule has 0 N–H and O–H groups in total. The molecule has 0 unspecified atom stereocenters. The second kappa shape index (κ2) is 10.9. The molecule has 1 atom stereocenters. The van der Waals surface area contributed by atoms with E-state index in [9.17, 15) is 4.79 Å². The number of hydrogen-bond acceptors (Lipinski definition) is 6. The number of rotatable bonds is 6. The van der Waals surface area contributed by atoms with E-state index in [2.05, 4.69) is 10.2 Å². The fourth-order valence-corrected chi connectivity index (χ4v) is 3.90. The standard InChI is InChI=1S/C23H23ClN4O2.C2H3N/c1-4-5-17(29)12-20-23-27-26-14(2)28(23)21-11-10-18(30-3)13-19(21)22(25-20)15-6-8-16(24)9-7-15;1-2-3/h6-11,13,20H,4-5,12H2,1-3H3;1H3/t20-;/m0./s1. The van der Waals surface area contributed by atoms with Gasteiger partial charge in [0.1, 0.15) is 23.4 Å². The largest absolute Gasteiger partial charge is 0.497 e. The van der Waals surface area contributed by atoms with Gasteiger partial charge in [0.25, 0.3) is 0 Å². The van der Waals surface area contributed by atoms with Crippen LogP contribution in [0, 0.1) is 18.3 Å². The Labute approximate surface area is 198 Å². The van der Waals surface area contributed by atoms with Crippen molar-refractivity contribution in [3.63, 3.8) is 0 Å². The van der Waals surface area contributed by atoms with Gasteiger partial charge in [0, 0.05) is 35.9 Å². The van der Waals surface area contributed by atoms with Crippen molar-refractivity contribution < 1.29 is 9.53 Å². The molecule has 8 heteroatoms. The monoisotopic (exact) mass is 463 g/mol. The van der Waals surface area contributed by atoms with Crippen molar-refractivity contribution in [2.24, 2.45) is 4.99 Å². The highest BCUT2D eigenvalue weighted by Crippen LogP contribution is 2.34. The van der Waals surface area contributed by atoms with Crippen molar-refractivity contribution in [2.75, 3.05) is 7.11 Å². The molecule has 0 bridgehead atoms. The van der Waals surface area contributed by atoms with Crippen molar-refractivity contribution in [1.82, 2.24) is 14.8 Å². The summed E-state index contributed by atoms with van der Waals surface area (Å²) >= 11 is 6.11. The lowest BCUT2D eigenvalue weighted by Gasteiger charge is -2.14. The molecule has 1 aliphatic heterocycles. The number of carbonyl (C=O) groups excluding carboxylic acids is 1. The fraction of sp³-hybridized carbons (Fsp3) is 0.320. The van der Waals surface area contributed by atoms with E-state index in [1.165, 1.54) is 6.92 Å². The highest BCUT2D eigenvalue weighted by Gasteiger charge is 2.29. The van der Waals surface area contributed by atoms with Crippen LogP contribution >= 0.6 is 11.6 Å². The van der Waals surface area contributed by atoms with Gasteiger partial charge in [0.2, 0.25) is 0 Å². The Kier molecular flexibility index (Phi) is 7.96. The maximum atomic E-state index is 12.5. The van der Waals surface area contributed by atoms with E-state index in [0.717, 1.165) is 40.5 Å². The topological polar surface area (TPSA) is 93.2 Å². The van der Waals surface area contributed by atoms with Crippen molar-refractivity contribution in [3.05, 3.63) is 70.3 Å². The molecule has 7 nitrogen and oxygen atoms in total. The maximum absolute atomic E-state index is 12.5. The molecule has 0 amide bonds. The molecule has 0 saturated heterocycles. The molecule has 0 saturated carbocycles. The lowest BCUT2D eigenvalue weighted by Crippen LogP contribution is -2.11. The molecule has 2 aromatic carbocycles. The number of benzene rings is 2. The van der Waals surface area contributed by atoms with Gasteiger partial charge in [-0.15, -0.1) is 10.2 Å². The molecule has 1 aliphatic rings. The zero-order chi connectivity index (χ0) is 24.0. The number of methoxy groups -OCH3 is 1. The molecular formula is C25H26ClN5O2. The zero-order valence-electron chi connectivity index (χ0n) is 19.2. The average molecular weight is 464 g/mol. The van der Waals surface area contributed by atoms with E-state index < -0.39 is 6.04 Å². The predicted octanol–water partition coefficient (Wildman–Crippen LogP) is 5.42. The number of fused-ring (bicyclic) bond motifs is 3. The molecular weight excluding hydrogens is 438 g/mol. The normalized spacial score (nSPS) is 13.9. The fourth-order valence-electron chi connectivity index (χ4n) is 3.77. The Balaban J connectivity index is 0.000000968. The zero-order valence-corrected chi connectivity index (χ0v) is 19.9. The molecule has 33 heavy (non-hydrogen) atoms. The Hall–Kier alpha value is -3.50. The first kappa shape index (κ1) is 24.1. The Morgan fingerprint density at radius 1 is 1.21 bits per heavy atom. The first-order chi connectivity index (χ1) is 15.9. The molecule has 4 rings (SSSR count). The molecule has 0 radical (unpaired) electrons. The number of ether oxygens (including phenoxy) is 1. The minimum atomic E-state index is -0.422. The van der Waals surface area contributed by atoms with E-state index in [0.29, 0.717) is 17.3 Å². The van der Waals surface area contributed by atoms with Crippen LogP contribution in [0.3, 0.4) is 0 Å². The van der Waals surface area contributed by atoms with Crippen molar-refractivity contribution >= 4 is 23.1 Å². The summed E-state index contributed by atoms with van der Waals surface area (Å²) in [6, 6.07) is 14.7. The van der Waals surface area contributed by atoms with Crippen molar-refractivity contribution in [1.29, 1.82) is 5.26 Å². The van der Waals surface area contributed by atoms with Gasteiger partial charge in [0.15, 0.2) is 5.82 Å². The van der Waals surface area contributed by atoms with E-state index in [1.54, 1.807) is 13.2 Å². The Morgan fingerprint density at radius 2 is 1.91 bits per heavy atom. The van der Waals surface area contributed by atoms with Crippen molar-refractivity contribution in [3.8, 4) is 17.5 Å². The summed E-state index contributed by atoms with van der Waals surface area (Å²) in [5.74, 6) is 2.31. The molecule has 0 fully saturated rings. The van der Waals surface area contributed by atoms with Crippen LogP contribution in [0.4, 0.5) is 0 Å². The van der Waals surface area contributed by atoms with Crippen LogP contribution in [0.15, 0.2) is 47.5 Å². The lowest BCUT2D eigenvalue weighted by atomic mass is 9.99. The number of halogens is 1. The average Bonchev–Trinajstić information content (AvgIpc) is 3.12. The van der Waals surface area contributed by atoms with Crippen LogP contribution in [0.1, 0.15) is 61.9 Å². The number of Topliss-reactive ketones (excluding diaryl/α,β-unsaturated/α-hetero) is 1. The second-order valence-electron chi connectivity index (χ2n) is 7.54. The Bertz CT molecular complexity index is 1210. The number of hydrogen-bond donors (Lipinski definition) is 0. The van der Waals surface area contributed by atoms with Crippen LogP contribution in [0.5, 0.6) is 5.75 Å². The summed E-state index contributed by atoms with van der Waals surface area (Å²) in [4.78, 5) is 17.6. The number of aryl methyl sites for hydroxylation is 1. The highest BCUT2D eigenvalue weighted by atomic mass is 35.5. The molecule has 0 aliphatic carbocycles. The van der Waals surface area contributed by atoms with Gasteiger partial charge in [-0.2, -0.15) is 5.26 Å². The number of nitriles is 1. The summed E-state index contributed by atoms with van der Waals surface area (Å²) < 4.78 is 7.47. The van der Waals surface area contributed by atoms with E-state index in [1.807, 2.05) is 60.9 Å². The summed E-state index contributed by atoms with van der Waals surface area (Å²) in [5.41, 5.74) is 3.50. The van der Waals surface area contributed by atoms with Gasteiger partial charge in [-0.3, -0.25) is 14.4 Å². The van der Waals surface area contributed by atoms with Gasteiger partial charge >= 0.3 is 0 Å². The number of carbonyl (C=O) groups is 1. The Morgan fingerprint density at radius 3 is 2.55 bits per heavy atom. The lowest BCUT2D eigenvalue weighted by molar-refractivity contribution is -0.119. The van der Waals surface area contributed by atoms with Crippen LogP contribution in [-0.2, 0) is 4.79 Å². The molecule has 0 spiro atoms. The van der Waals surface area contributed by atoms with E-state index in [4.69, 9.17) is 26.6 Å². The van der Waals surface area contributed by atoms with Crippen LogP contribution < -0.4 is 4.74 Å². The minimum Gasteiger partial charge on any atom is -0.497 e. The summed E-state index contributed by atoms with van der Waals surface area (Å²) in [5, 5.41) is 16.6. The van der Waals surface area contributed by atoms with E-state index >= 15 is 0 Å².